The highest BCUT2D eigenvalue weighted by atomic mass is 14.6. The van der Waals surface area contributed by atoms with Gasteiger partial charge < -0.3 is 0 Å². The molecule has 0 fully saturated rings. The average molecular weight is 449 g/mol. The van der Waals surface area contributed by atoms with E-state index in [1.165, 1.54) is 44.5 Å². The monoisotopic (exact) mass is 448 g/mol. The topological polar surface area (TPSA) is 17.2 Å². The van der Waals surface area contributed by atoms with Crippen LogP contribution >= 0.6 is 0 Å². The van der Waals surface area contributed by atoms with Crippen molar-refractivity contribution in [3.63, 3.8) is 0 Å². The molecule has 0 spiro atoms. The van der Waals surface area contributed by atoms with Crippen molar-refractivity contribution in [3.8, 4) is 44.5 Å². The molecule has 0 saturated heterocycles. The molecule has 0 saturated carbocycles. The van der Waals surface area contributed by atoms with Crippen LogP contribution in [0.1, 0.15) is 25.0 Å². The Morgan fingerprint density at radius 1 is 0.571 bits per heavy atom. The predicted molar refractivity (Wildman–Crippen MR) is 144 cm³/mol. The van der Waals surface area contributed by atoms with Gasteiger partial charge in [-0.25, -0.2) is 4.85 Å². The van der Waals surface area contributed by atoms with Crippen LogP contribution in [0.4, 0.5) is 5.69 Å². The van der Waals surface area contributed by atoms with Gasteiger partial charge in [-0.2, -0.15) is 0 Å². The van der Waals surface area contributed by atoms with E-state index in [1.807, 2.05) is 24.4 Å². The number of aromatic nitrogens is 1. The molecular weight excluding hydrogens is 424 g/mol. The van der Waals surface area contributed by atoms with Crippen LogP contribution in [0.5, 0.6) is 0 Å². The number of pyridine rings is 1. The fourth-order valence-corrected chi connectivity index (χ4v) is 5.60. The first-order chi connectivity index (χ1) is 17.1. The van der Waals surface area contributed by atoms with Crippen molar-refractivity contribution in [1.82, 2.24) is 4.98 Å². The zero-order valence-electron chi connectivity index (χ0n) is 19.8. The van der Waals surface area contributed by atoms with E-state index in [1.54, 1.807) is 6.20 Å². The highest BCUT2D eigenvalue weighted by molar-refractivity contribution is 5.93. The van der Waals surface area contributed by atoms with Crippen LogP contribution < -0.4 is 0 Å². The molecule has 1 heterocycles. The Labute approximate surface area is 206 Å². The number of benzene rings is 4. The Morgan fingerprint density at radius 3 is 1.60 bits per heavy atom. The molecule has 1 aliphatic carbocycles. The average Bonchev–Trinajstić information content (AvgIpc) is 3.16. The lowest BCUT2D eigenvalue weighted by Crippen LogP contribution is -2.17. The third-order valence-corrected chi connectivity index (χ3v) is 7.17. The summed E-state index contributed by atoms with van der Waals surface area (Å²) in [6.45, 7) is 12.0. The van der Waals surface area contributed by atoms with E-state index < -0.39 is 0 Å². The Kier molecular flexibility index (Phi) is 4.87. The van der Waals surface area contributed by atoms with Gasteiger partial charge in [-0.1, -0.05) is 105 Å². The standard InChI is InChI=1S/C33H24N2/c1-33(2)31-27(23-14-12-22(13-15-23)25-7-6-20-35-21-25)8-4-10-29(31)30-11-5-9-28(32(30)33)24-16-18-26(34-3)19-17-24/h4-21H,1-2H3. The first-order valence-electron chi connectivity index (χ1n) is 11.8. The lowest BCUT2D eigenvalue weighted by atomic mass is 9.76. The van der Waals surface area contributed by atoms with Gasteiger partial charge in [-0.3, -0.25) is 4.98 Å². The molecular formula is C33H24N2. The SMILES string of the molecule is [C-]#[N+]c1ccc(-c2cccc3c2C(C)(C)c2c(-c4ccc(-c5cccnc5)cc4)cccc2-3)cc1. The van der Waals surface area contributed by atoms with Gasteiger partial charge in [0.2, 0.25) is 0 Å². The molecule has 0 unspecified atom stereocenters. The number of fused-ring (bicyclic) bond motifs is 3. The first-order valence-corrected chi connectivity index (χ1v) is 11.8. The summed E-state index contributed by atoms with van der Waals surface area (Å²) in [5.74, 6) is 0. The molecule has 1 aromatic heterocycles. The molecule has 2 heteroatoms. The van der Waals surface area contributed by atoms with Crippen molar-refractivity contribution in [2.24, 2.45) is 0 Å². The van der Waals surface area contributed by atoms with E-state index in [9.17, 15) is 0 Å². The van der Waals surface area contributed by atoms with Gasteiger partial charge in [0.05, 0.1) is 6.57 Å². The Morgan fingerprint density at radius 2 is 1.09 bits per heavy atom. The number of hydrogen-bond donors (Lipinski definition) is 0. The van der Waals surface area contributed by atoms with Crippen LogP contribution in [0.15, 0.2) is 109 Å². The van der Waals surface area contributed by atoms with Crippen molar-refractivity contribution in [1.29, 1.82) is 0 Å². The van der Waals surface area contributed by atoms with E-state index in [0.717, 1.165) is 11.1 Å². The fraction of sp³-hybridized carbons (Fsp3) is 0.0909. The van der Waals surface area contributed by atoms with Crippen molar-refractivity contribution in [2.45, 2.75) is 19.3 Å². The van der Waals surface area contributed by atoms with Gasteiger partial charge in [0.15, 0.2) is 5.69 Å². The molecule has 0 bridgehead atoms. The molecule has 6 rings (SSSR count). The van der Waals surface area contributed by atoms with Crippen molar-refractivity contribution < 1.29 is 0 Å². The second kappa shape index (κ2) is 8.08. The maximum atomic E-state index is 7.28. The van der Waals surface area contributed by atoms with Gasteiger partial charge in [0.1, 0.15) is 0 Å². The van der Waals surface area contributed by atoms with Crippen LogP contribution in [0.25, 0.3) is 49.4 Å². The van der Waals surface area contributed by atoms with Crippen molar-refractivity contribution >= 4 is 5.69 Å². The van der Waals surface area contributed by atoms with Gasteiger partial charge >= 0.3 is 0 Å². The summed E-state index contributed by atoms with van der Waals surface area (Å²) in [4.78, 5) is 7.82. The summed E-state index contributed by atoms with van der Waals surface area (Å²) < 4.78 is 0. The summed E-state index contributed by atoms with van der Waals surface area (Å²) in [5, 5.41) is 0. The predicted octanol–water partition coefficient (Wildman–Crippen LogP) is 8.94. The second-order valence-corrected chi connectivity index (χ2v) is 9.56. The third kappa shape index (κ3) is 3.36. The number of hydrogen-bond acceptors (Lipinski definition) is 1. The van der Waals surface area contributed by atoms with E-state index in [2.05, 4.69) is 103 Å². The zero-order valence-corrected chi connectivity index (χ0v) is 19.8. The highest BCUT2D eigenvalue weighted by Crippen LogP contribution is 2.55. The van der Waals surface area contributed by atoms with Gasteiger partial charge in [0.25, 0.3) is 0 Å². The minimum atomic E-state index is -0.168. The zero-order chi connectivity index (χ0) is 24.0. The van der Waals surface area contributed by atoms with Crippen LogP contribution in [-0.2, 0) is 5.41 Å². The molecule has 1 aliphatic rings. The van der Waals surface area contributed by atoms with Gasteiger partial charge in [0, 0.05) is 17.8 Å². The van der Waals surface area contributed by atoms with Gasteiger partial charge in [-0.15, -0.1) is 0 Å². The Balaban J connectivity index is 1.48. The maximum absolute atomic E-state index is 7.28. The normalized spacial score (nSPS) is 13.1. The maximum Gasteiger partial charge on any atom is 0.187 e. The van der Waals surface area contributed by atoms with E-state index in [4.69, 9.17) is 6.57 Å². The fourth-order valence-electron chi connectivity index (χ4n) is 5.60. The van der Waals surface area contributed by atoms with Crippen LogP contribution in [0, 0.1) is 6.57 Å². The number of nitrogens with zero attached hydrogens (tertiary/aromatic N) is 2. The smallest absolute Gasteiger partial charge is 0.187 e. The van der Waals surface area contributed by atoms with E-state index >= 15 is 0 Å². The first kappa shape index (κ1) is 21.1. The molecule has 0 amide bonds. The minimum Gasteiger partial charge on any atom is -0.264 e. The van der Waals surface area contributed by atoms with Crippen LogP contribution in [0.3, 0.4) is 0 Å². The number of rotatable bonds is 3. The van der Waals surface area contributed by atoms with Gasteiger partial charge in [-0.05, 0) is 61.7 Å². The largest absolute Gasteiger partial charge is 0.264 e. The molecule has 166 valence electrons. The molecule has 0 aliphatic heterocycles. The summed E-state index contributed by atoms with van der Waals surface area (Å²) in [6, 6.07) is 34.1. The molecule has 0 atom stereocenters. The molecule has 5 aromatic rings. The highest BCUT2D eigenvalue weighted by Gasteiger charge is 2.39. The molecule has 4 aromatic carbocycles. The van der Waals surface area contributed by atoms with Crippen molar-refractivity contribution in [2.75, 3.05) is 0 Å². The quantitative estimate of drug-likeness (QED) is 0.252. The van der Waals surface area contributed by atoms with E-state index in [-0.39, 0.29) is 5.41 Å². The summed E-state index contributed by atoms with van der Waals surface area (Å²) in [7, 11) is 0. The summed E-state index contributed by atoms with van der Waals surface area (Å²) >= 11 is 0. The lowest BCUT2D eigenvalue weighted by molar-refractivity contribution is 0.664. The Bertz CT molecular complexity index is 1590. The van der Waals surface area contributed by atoms with Crippen LogP contribution in [-0.4, -0.2) is 4.98 Å². The molecule has 0 N–H and O–H groups in total. The second-order valence-electron chi connectivity index (χ2n) is 9.56. The lowest BCUT2D eigenvalue weighted by Gasteiger charge is -2.27. The molecule has 0 radical (unpaired) electrons. The molecule has 35 heavy (non-hydrogen) atoms. The van der Waals surface area contributed by atoms with Crippen LogP contribution in [0.2, 0.25) is 0 Å². The Hall–Kier alpha value is -4.48. The molecule has 2 nitrogen and oxygen atoms in total. The third-order valence-electron chi connectivity index (χ3n) is 7.17. The summed E-state index contributed by atoms with van der Waals surface area (Å²) in [5.41, 5.74) is 13.0. The van der Waals surface area contributed by atoms with Crippen molar-refractivity contribution in [3.05, 3.63) is 132 Å². The minimum absolute atomic E-state index is 0.168. The summed E-state index contributed by atoms with van der Waals surface area (Å²) in [6.07, 6.45) is 3.71. The van der Waals surface area contributed by atoms with E-state index in [0.29, 0.717) is 5.69 Å².